The molecule has 0 radical (unpaired) electrons. The Labute approximate surface area is 355 Å². The molecule has 0 bridgehead atoms. The number of fused-ring (bicyclic) bond motifs is 2. The van der Waals surface area contributed by atoms with Gasteiger partial charge in [0, 0.05) is 37.3 Å². The Morgan fingerprint density at radius 2 is 1.05 bits per heavy atom. The molecule has 0 unspecified atom stereocenters. The smallest absolute Gasteiger partial charge is 0.343 e. The molecule has 18 heteroatoms. The van der Waals surface area contributed by atoms with E-state index < -0.39 is 17.6 Å². The number of rotatable bonds is 9. The minimum atomic E-state index is -0.694. The van der Waals surface area contributed by atoms with Gasteiger partial charge in [-0.1, -0.05) is 70.7 Å². The quantitative estimate of drug-likeness (QED) is 0.142. The van der Waals surface area contributed by atoms with Crippen LogP contribution in [0.5, 0.6) is 34.5 Å². The van der Waals surface area contributed by atoms with E-state index in [0.29, 0.717) is 26.2 Å². The van der Waals surface area contributed by atoms with E-state index in [9.17, 15) is 28.3 Å². The second-order valence-electron chi connectivity index (χ2n) is 13.4. The zero-order valence-corrected chi connectivity index (χ0v) is 34.2. The number of phenolic OH excluding ortho intramolecular Hbond substituents is 1. The van der Waals surface area contributed by atoms with E-state index in [2.05, 4.69) is 4.74 Å². The average molecular weight is 891 g/mol. The second kappa shape index (κ2) is 17.8. The van der Waals surface area contributed by atoms with Crippen molar-refractivity contribution < 1.29 is 37.6 Å². The Hall–Kier alpha value is -5.41. The second-order valence-corrected chi connectivity index (χ2v) is 14.9. The third-order valence-corrected chi connectivity index (χ3v) is 11.0. The molecule has 2 aliphatic rings. The van der Waals surface area contributed by atoms with Crippen LogP contribution in [0.2, 0.25) is 20.4 Å². The maximum absolute atomic E-state index is 14.9. The van der Waals surface area contributed by atoms with Crippen LogP contribution in [0.15, 0.2) is 82.4 Å². The molecule has 0 saturated carbocycles. The SMILES string of the molecule is COC(=O)COc1ccccc1Oc1cc(-c2c(Cl)n3n(c2=O)CCCC3)c(F)cc1Cl.O=c1c(-c2cc(Oc3ccccc3O)c(Cl)cc2F)c(Cl)n2n1CCCC2. The van der Waals surface area contributed by atoms with Gasteiger partial charge in [-0.15, -0.1) is 0 Å². The number of esters is 1. The molecule has 8 rings (SSSR count). The van der Waals surface area contributed by atoms with Gasteiger partial charge in [0.15, 0.2) is 29.6 Å². The number of ether oxygens (including phenoxy) is 4. The maximum Gasteiger partial charge on any atom is 0.343 e. The molecule has 308 valence electrons. The number of hydrogen-bond acceptors (Lipinski definition) is 8. The lowest BCUT2D eigenvalue weighted by Gasteiger charge is -2.17. The molecule has 1 N–H and O–H groups in total. The first-order chi connectivity index (χ1) is 28.4. The highest BCUT2D eigenvalue weighted by molar-refractivity contribution is 6.34. The van der Waals surface area contributed by atoms with Gasteiger partial charge in [0.1, 0.15) is 33.4 Å². The van der Waals surface area contributed by atoms with Gasteiger partial charge in [-0.05, 0) is 74.2 Å². The van der Waals surface area contributed by atoms with Crippen LogP contribution in [0.4, 0.5) is 8.78 Å². The number of benzene rings is 4. The summed E-state index contributed by atoms with van der Waals surface area (Å²) in [5.74, 6) is -1.14. The van der Waals surface area contributed by atoms with Crippen LogP contribution < -0.4 is 25.3 Å². The normalized spacial score (nSPS) is 13.1. The van der Waals surface area contributed by atoms with Crippen molar-refractivity contribution in [3.8, 4) is 56.8 Å². The van der Waals surface area contributed by atoms with Crippen molar-refractivity contribution in [1.29, 1.82) is 0 Å². The molecule has 0 fully saturated rings. The molecule has 0 saturated heterocycles. The molecule has 12 nitrogen and oxygen atoms in total. The Kier molecular flexibility index (Phi) is 12.6. The predicted molar refractivity (Wildman–Crippen MR) is 219 cm³/mol. The van der Waals surface area contributed by atoms with Crippen molar-refractivity contribution in [3.05, 3.63) is 125 Å². The summed E-state index contributed by atoms with van der Waals surface area (Å²) in [7, 11) is 1.25. The number of methoxy groups -OCH3 is 1. The number of carbonyl (C=O) groups is 1. The summed E-state index contributed by atoms with van der Waals surface area (Å²) < 4.78 is 57.4. The van der Waals surface area contributed by atoms with E-state index >= 15 is 0 Å². The summed E-state index contributed by atoms with van der Waals surface area (Å²) in [6.07, 6.45) is 3.50. The number of para-hydroxylation sites is 4. The zero-order chi connectivity index (χ0) is 42.0. The number of aromatic hydroxyl groups is 1. The van der Waals surface area contributed by atoms with Crippen molar-refractivity contribution in [3.63, 3.8) is 0 Å². The average Bonchev–Trinajstić information content (AvgIpc) is 3.64. The van der Waals surface area contributed by atoms with E-state index in [1.165, 1.54) is 34.7 Å². The Bertz CT molecular complexity index is 2690. The molecular formula is C41H34Cl4F2N4O8. The van der Waals surface area contributed by atoms with E-state index in [0.717, 1.165) is 37.8 Å². The topological polar surface area (TPSA) is 128 Å². The minimum Gasteiger partial charge on any atom is -0.504 e. The number of carbonyl (C=O) groups excluding carboxylic acids is 1. The molecule has 0 atom stereocenters. The van der Waals surface area contributed by atoms with Crippen molar-refractivity contribution in [2.75, 3.05) is 13.7 Å². The molecule has 59 heavy (non-hydrogen) atoms. The highest BCUT2D eigenvalue weighted by Gasteiger charge is 2.27. The van der Waals surface area contributed by atoms with Gasteiger partial charge in [0.2, 0.25) is 0 Å². The van der Waals surface area contributed by atoms with Crippen LogP contribution in [0.25, 0.3) is 22.3 Å². The first-order valence-electron chi connectivity index (χ1n) is 18.3. The Morgan fingerprint density at radius 3 is 1.51 bits per heavy atom. The summed E-state index contributed by atoms with van der Waals surface area (Å²) in [6.45, 7) is 1.92. The van der Waals surface area contributed by atoms with Crippen LogP contribution >= 0.6 is 46.4 Å². The van der Waals surface area contributed by atoms with Gasteiger partial charge in [-0.2, -0.15) is 0 Å². The zero-order valence-electron chi connectivity index (χ0n) is 31.2. The number of aromatic nitrogens is 4. The van der Waals surface area contributed by atoms with Crippen LogP contribution in [-0.4, -0.2) is 43.5 Å². The molecule has 0 aliphatic carbocycles. The van der Waals surface area contributed by atoms with Crippen LogP contribution in [0.1, 0.15) is 25.7 Å². The Morgan fingerprint density at radius 1 is 0.627 bits per heavy atom. The van der Waals surface area contributed by atoms with Gasteiger partial charge in [0.05, 0.1) is 28.3 Å². The summed E-state index contributed by atoms with van der Waals surface area (Å²) in [5, 5.41) is 10.3. The summed E-state index contributed by atoms with van der Waals surface area (Å²) in [5.41, 5.74) is -0.591. The van der Waals surface area contributed by atoms with Crippen molar-refractivity contribution in [1.82, 2.24) is 18.7 Å². The van der Waals surface area contributed by atoms with Crippen LogP contribution in [0.3, 0.4) is 0 Å². The highest BCUT2D eigenvalue weighted by Crippen LogP contribution is 2.41. The van der Waals surface area contributed by atoms with Crippen LogP contribution in [-0.2, 0) is 35.7 Å². The molecule has 0 spiro atoms. The first kappa shape index (κ1) is 41.7. The highest BCUT2D eigenvalue weighted by atomic mass is 35.5. The maximum atomic E-state index is 14.9. The standard InChI is InChI=1S/C22H19Cl2FN2O5.C19H15Cl2FN2O3/c1-30-19(28)12-31-16-6-2-3-7-17(16)32-18-10-13(15(25)11-14(18)23)20-21(24)26-8-4-5-9-27(26)22(20)29;20-12-10-13(22)11(9-16(12)27-15-6-2-1-5-14(15)25)17-18(21)23-7-3-4-8-24(23)19(17)26/h2-3,6-7,10-11H,4-5,8-9,12H2,1H3;1-2,5-6,9-10,25H,3-4,7-8H2. The molecule has 2 aromatic heterocycles. The van der Waals surface area contributed by atoms with Gasteiger partial charge in [-0.3, -0.25) is 19.0 Å². The summed E-state index contributed by atoms with van der Waals surface area (Å²) in [4.78, 5) is 37.1. The van der Waals surface area contributed by atoms with Crippen molar-refractivity contribution in [2.24, 2.45) is 0 Å². The lowest BCUT2D eigenvalue weighted by molar-refractivity contribution is -0.142. The molecule has 2 aliphatic heterocycles. The number of phenols is 1. The minimum absolute atomic E-state index is 0.00535. The lowest BCUT2D eigenvalue weighted by Crippen LogP contribution is -2.27. The van der Waals surface area contributed by atoms with E-state index in [4.69, 9.17) is 60.6 Å². The van der Waals surface area contributed by atoms with E-state index in [1.807, 2.05) is 0 Å². The molecule has 4 aromatic carbocycles. The van der Waals surface area contributed by atoms with Crippen LogP contribution in [0, 0.1) is 11.6 Å². The van der Waals surface area contributed by atoms with Gasteiger partial charge in [0.25, 0.3) is 11.1 Å². The van der Waals surface area contributed by atoms with Gasteiger partial charge >= 0.3 is 5.97 Å². The number of hydrogen-bond donors (Lipinski definition) is 1. The van der Waals surface area contributed by atoms with E-state index in [1.54, 1.807) is 51.8 Å². The molecule has 4 heterocycles. The lowest BCUT2D eigenvalue weighted by atomic mass is 10.1. The number of nitrogens with zero attached hydrogens (tertiary/aromatic N) is 4. The first-order valence-corrected chi connectivity index (χ1v) is 19.8. The fourth-order valence-electron chi connectivity index (χ4n) is 6.73. The third-order valence-electron chi connectivity index (χ3n) is 9.63. The van der Waals surface area contributed by atoms with Crippen molar-refractivity contribution in [2.45, 2.75) is 51.9 Å². The third kappa shape index (κ3) is 8.53. The largest absolute Gasteiger partial charge is 0.504 e. The molecule has 6 aromatic rings. The van der Waals surface area contributed by atoms with E-state index in [-0.39, 0.29) is 94.8 Å². The predicted octanol–water partition coefficient (Wildman–Crippen LogP) is 9.95. The summed E-state index contributed by atoms with van der Waals surface area (Å²) >= 11 is 25.2. The fourth-order valence-corrected chi connectivity index (χ4v) is 7.83. The monoisotopic (exact) mass is 888 g/mol. The number of halogens is 6. The summed E-state index contributed by atoms with van der Waals surface area (Å²) in [6, 6.07) is 17.7. The van der Waals surface area contributed by atoms with Crippen molar-refractivity contribution >= 4 is 52.4 Å². The van der Waals surface area contributed by atoms with Gasteiger partial charge < -0.3 is 24.1 Å². The Balaban J connectivity index is 0.000000181. The van der Waals surface area contributed by atoms with Gasteiger partial charge in [-0.25, -0.2) is 22.9 Å². The molecular weight excluding hydrogens is 856 g/mol. The molecule has 0 amide bonds. The fraction of sp³-hybridized carbons (Fsp3) is 0.244.